The van der Waals surface area contributed by atoms with Crippen LogP contribution in [0.5, 0.6) is 0 Å². The molecular formula is C12H13ClFN3. The van der Waals surface area contributed by atoms with Gasteiger partial charge in [-0.05, 0) is 26.1 Å². The number of halogens is 2. The Bertz CT molecular complexity index is 516. The number of aromatic nitrogens is 2. The van der Waals surface area contributed by atoms with Crippen LogP contribution in [0.1, 0.15) is 11.3 Å². The van der Waals surface area contributed by atoms with Crippen LogP contribution in [0.3, 0.4) is 0 Å². The van der Waals surface area contributed by atoms with Crippen molar-refractivity contribution in [2.45, 2.75) is 13.5 Å². The molecule has 0 saturated carbocycles. The van der Waals surface area contributed by atoms with Crippen LogP contribution in [-0.4, -0.2) is 16.8 Å². The van der Waals surface area contributed by atoms with Gasteiger partial charge in [-0.3, -0.25) is 0 Å². The zero-order chi connectivity index (χ0) is 12.4. The van der Waals surface area contributed by atoms with E-state index in [-0.39, 0.29) is 5.82 Å². The summed E-state index contributed by atoms with van der Waals surface area (Å²) in [6.07, 6.45) is 1.72. The molecule has 0 saturated heterocycles. The highest BCUT2D eigenvalue weighted by Crippen LogP contribution is 2.24. The molecule has 0 atom stereocenters. The smallest absolute Gasteiger partial charge is 0.150 e. The van der Waals surface area contributed by atoms with Gasteiger partial charge in [0.05, 0.1) is 11.2 Å². The molecule has 2 rings (SSSR count). The molecule has 3 nitrogen and oxygen atoms in total. The van der Waals surface area contributed by atoms with Crippen molar-refractivity contribution in [1.82, 2.24) is 15.1 Å². The van der Waals surface area contributed by atoms with Crippen molar-refractivity contribution in [3.63, 3.8) is 0 Å². The number of benzene rings is 1. The Kier molecular flexibility index (Phi) is 3.45. The van der Waals surface area contributed by atoms with Gasteiger partial charge in [0.1, 0.15) is 11.5 Å². The molecule has 1 aromatic carbocycles. The number of para-hydroxylation sites is 1. The van der Waals surface area contributed by atoms with Crippen LogP contribution < -0.4 is 5.32 Å². The number of nitrogens with one attached hydrogen (secondary N) is 1. The van der Waals surface area contributed by atoms with Crippen LogP contribution in [0.25, 0.3) is 5.69 Å². The predicted molar refractivity (Wildman–Crippen MR) is 66.0 cm³/mol. The summed E-state index contributed by atoms with van der Waals surface area (Å²) in [7, 11) is 1.85. The third-order valence-electron chi connectivity index (χ3n) is 2.63. The summed E-state index contributed by atoms with van der Waals surface area (Å²) < 4.78 is 15.3. The van der Waals surface area contributed by atoms with Crippen molar-refractivity contribution < 1.29 is 4.39 Å². The monoisotopic (exact) mass is 253 g/mol. The van der Waals surface area contributed by atoms with E-state index in [2.05, 4.69) is 10.4 Å². The topological polar surface area (TPSA) is 29.9 Å². The third kappa shape index (κ3) is 2.18. The lowest BCUT2D eigenvalue weighted by molar-refractivity contribution is 0.608. The van der Waals surface area contributed by atoms with Gasteiger partial charge < -0.3 is 5.32 Å². The van der Waals surface area contributed by atoms with Crippen LogP contribution in [0, 0.1) is 12.7 Å². The second kappa shape index (κ2) is 4.85. The highest BCUT2D eigenvalue weighted by atomic mass is 35.5. The van der Waals surface area contributed by atoms with Gasteiger partial charge in [-0.15, -0.1) is 0 Å². The Morgan fingerprint density at radius 3 is 2.88 bits per heavy atom. The van der Waals surface area contributed by atoms with Crippen molar-refractivity contribution in [2.24, 2.45) is 0 Å². The van der Waals surface area contributed by atoms with Crippen LogP contribution in [0.4, 0.5) is 4.39 Å². The van der Waals surface area contributed by atoms with Crippen molar-refractivity contribution in [2.75, 3.05) is 7.05 Å². The highest BCUT2D eigenvalue weighted by Gasteiger charge is 2.14. The molecular weight excluding hydrogens is 241 g/mol. The van der Waals surface area contributed by atoms with E-state index in [0.717, 1.165) is 11.3 Å². The van der Waals surface area contributed by atoms with E-state index >= 15 is 0 Å². The van der Waals surface area contributed by atoms with Crippen LogP contribution in [-0.2, 0) is 6.54 Å². The number of hydrogen-bond donors (Lipinski definition) is 1. The second-order valence-corrected chi connectivity index (χ2v) is 4.17. The summed E-state index contributed by atoms with van der Waals surface area (Å²) >= 11 is 6.01. The van der Waals surface area contributed by atoms with Gasteiger partial charge in [0, 0.05) is 17.8 Å². The molecule has 0 spiro atoms. The Hall–Kier alpha value is -1.39. The van der Waals surface area contributed by atoms with E-state index in [1.807, 2.05) is 14.0 Å². The molecule has 2 aromatic rings. The highest BCUT2D eigenvalue weighted by molar-refractivity contribution is 6.32. The van der Waals surface area contributed by atoms with E-state index in [1.165, 1.54) is 10.7 Å². The fourth-order valence-electron chi connectivity index (χ4n) is 1.72. The molecule has 0 unspecified atom stereocenters. The summed E-state index contributed by atoms with van der Waals surface area (Å²) in [5.41, 5.74) is 2.20. The summed E-state index contributed by atoms with van der Waals surface area (Å²) in [5.74, 6) is -0.375. The maximum absolute atomic E-state index is 13.8. The minimum absolute atomic E-state index is 0.300. The van der Waals surface area contributed by atoms with Gasteiger partial charge >= 0.3 is 0 Å². The maximum Gasteiger partial charge on any atom is 0.150 e. The van der Waals surface area contributed by atoms with Gasteiger partial charge in [0.2, 0.25) is 0 Å². The van der Waals surface area contributed by atoms with Crippen molar-refractivity contribution >= 4 is 11.6 Å². The number of nitrogens with zero attached hydrogens (tertiary/aromatic N) is 2. The lowest BCUT2D eigenvalue weighted by Crippen LogP contribution is -2.07. The maximum atomic E-state index is 13.8. The van der Waals surface area contributed by atoms with Gasteiger partial charge in [-0.1, -0.05) is 17.7 Å². The first-order valence-corrected chi connectivity index (χ1v) is 5.65. The zero-order valence-corrected chi connectivity index (χ0v) is 10.4. The normalized spacial score (nSPS) is 10.8. The molecule has 5 heteroatoms. The summed E-state index contributed by atoms with van der Waals surface area (Å²) in [6.45, 7) is 2.58. The first-order chi connectivity index (χ1) is 8.15. The summed E-state index contributed by atoms with van der Waals surface area (Å²) in [6, 6.07) is 4.60. The Labute approximate surface area is 104 Å². The van der Waals surface area contributed by atoms with Crippen LogP contribution >= 0.6 is 11.6 Å². The van der Waals surface area contributed by atoms with Gasteiger partial charge in [0.15, 0.2) is 0 Å². The molecule has 0 amide bonds. The quantitative estimate of drug-likeness (QED) is 0.912. The number of hydrogen-bond acceptors (Lipinski definition) is 2. The third-order valence-corrected chi connectivity index (χ3v) is 2.93. The first-order valence-electron chi connectivity index (χ1n) is 5.27. The van der Waals surface area contributed by atoms with Crippen LogP contribution in [0.15, 0.2) is 24.4 Å². The largest absolute Gasteiger partial charge is 0.316 e. The standard InChI is InChI=1S/C12H13ClFN3/c1-8-9(6-15-2)7-16-17(8)12-10(13)4-3-5-11(12)14/h3-5,7,15H,6H2,1-2H3. The molecule has 0 aliphatic heterocycles. The Morgan fingerprint density at radius 1 is 1.47 bits per heavy atom. The molecule has 1 heterocycles. The lowest BCUT2D eigenvalue weighted by atomic mass is 10.2. The van der Waals surface area contributed by atoms with Gasteiger partial charge in [0.25, 0.3) is 0 Å². The van der Waals surface area contributed by atoms with Crippen molar-refractivity contribution in [1.29, 1.82) is 0 Å². The van der Waals surface area contributed by atoms with E-state index in [0.29, 0.717) is 17.3 Å². The average molecular weight is 254 g/mol. The van der Waals surface area contributed by atoms with Crippen molar-refractivity contribution in [3.8, 4) is 5.69 Å². The molecule has 0 fully saturated rings. The van der Waals surface area contributed by atoms with E-state index in [4.69, 9.17) is 11.6 Å². The van der Waals surface area contributed by atoms with Crippen molar-refractivity contribution in [3.05, 3.63) is 46.5 Å². The fraction of sp³-hybridized carbons (Fsp3) is 0.250. The molecule has 1 N–H and O–H groups in total. The van der Waals surface area contributed by atoms with E-state index in [9.17, 15) is 4.39 Å². The molecule has 17 heavy (non-hydrogen) atoms. The fourth-order valence-corrected chi connectivity index (χ4v) is 1.97. The Balaban J connectivity index is 2.54. The second-order valence-electron chi connectivity index (χ2n) is 3.77. The number of rotatable bonds is 3. The first kappa shape index (κ1) is 12.1. The van der Waals surface area contributed by atoms with Crippen LogP contribution in [0.2, 0.25) is 5.02 Å². The predicted octanol–water partition coefficient (Wildman–Crippen LogP) is 2.69. The lowest BCUT2D eigenvalue weighted by Gasteiger charge is -2.08. The molecule has 0 aliphatic rings. The van der Waals surface area contributed by atoms with Gasteiger partial charge in [-0.2, -0.15) is 5.10 Å². The summed E-state index contributed by atoms with van der Waals surface area (Å²) in [5, 5.41) is 7.57. The molecule has 90 valence electrons. The molecule has 1 aromatic heterocycles. The summed E-state index contributed by atoms with van der Waals surface area (Å²) in [4.78, 5) is 0. The minimum Gasteiger partial charge on any atom is -0.316 e. The SMILES string of the molecule is CNCc1cnn(-c2c(F)cccc2Cl)c1C. The molecule has 0 radical (unpaired) electrons. The average Bonchev–Trinajstić information content (AvgIpc) is 2.62. The van der Waals surface area contributed by atoms with E-state index < -0.39 is 0 Å². The van der Waals surface area contributed by atoms with E-state index in [1.54, 1.807) is 18.3 Å². The zero-order valence-electron chi connectivity index (χ0n) is 9.67. The van der Waals surface area contributed by atoms with Gasteiger partial charge in [-0.25, -0.2) is 9.07 Å². The minimum atomic E-state index is -0.375. The Morgan fingerprint density at radius 2 is 2.24 bits per heavy atom. The molecule has 0 bridgehead atoms. The molecule has 0 aliphatic carbocycles.